The summed E-state index contributed by atoms with van der Waals surface area (Å²) in [7, 11) is 0. The second kappa shape index (κ2) is 5.37. The minimum atomic E-state index is -0.754. The minimum Gasteiger partial charge on any atom is -0.370 e. The van der Waals surface area contributed by atoms with Crippen molar-refractivity contribution in [2.24, 2.45) is 22.8 Å². The van der Waals surface area contributed by atoms with Crippen LogP contribution in [0.5, 0.6) is 0 Å². The third kappa shape index (κ3) is 2.63. The van der Waals surface area contributed by atoms with Gasteiger partial charge >= 0.3 is 0 Å². The number of carbonyl (C=O) groups is 3. The van der Waals surface area contributed by atoms with Gasteiger partial charge in [-0.1, -0.05) is 20.3 Å². The van der Waals surface area contributed by atoms with Crippen molar-refractivity contribution in [2.75, 3.05) is 13.1 Å². The van der Waals surface area contributed by atoms with E-state index in [1.165, 1.54) is 4.90 Å². The van der Waals surface area contributed by atoms with Gasteiger partial charge in [0, 0.05) is 13.0 Å². The van der Waals surface area contributed by atoms with Gasteiger partial charge in [0.2, 0.25) is 17.7 Å². The Labute approximate surface area is 107 Å². The Bertz CT molecular complexity index is 370. The Hall–Kier alpha value is -1.59. The summed E-state index contributed by atoms with van der Waals surface area (Å²) < 4.78 is 0. The highest BCUT2D eigenvalue weighted by Crippen LogP contribution is 2.43. The van der Waals surface area contributed by atoms with E-state index >= 15 is 0 Å². The molecule has 6 heteroatoms. The van der Waals surface area contributed by atoms with E-state index in [1.807, 2.05) is 13.8 Å². The maximum Gasteiger partial charge on any atom is 0.237 e. The highest BCUT2D eigenvalue weighted by molar-refractivity contribution is 5.92. The summed E-state index contributed by atoms with van der Waals surface area (Å²) in [5.41, 5.74) is 9.61. The van der Waals surface area contributed by atoms with Crippen LogP contribution in [0.15, 0.2) is 0 Å². The molecule has 18 heavy (non-hydrogen) atoms. The average molecular weight is 255 g/mol. The van der Waals surface area contributed by atoms with Gasteiger partial charge < -0.3 is 16.4 Å². The molecule has 0 radical (unpaired) electrons. The summed E-state index contributed by atoms with van der Waals surface area (Å²) >= 11 is 0. The fraction of sp³-hybridized carbons (Fsp3) is 0.750. The van der Waals surface area contributed by atoms with E-state index in [0.717, 1.165) is 6.42 Å². The van der Waals surface area contributed by atoms with Crippen LogP contribution in [-0.4, -0.2) is 35.7 Å². The van der Waals surface area contributed by atoms with Gasteiger partial charge in [-0.15, -0.1) is 0 Å². The zero-order chi connectivity index (χ0) is 13.9. The number of likely N-dealkylation sites (tertiary alicyclic amines) is 1. The summed E-state index contributed by atoms with van der Waals surface area (Å²) in [4.78, 5) is 36.0. The molecule has 0 aromatic heterocycles. The molecular weight excluding hydrogens is 234 g/mol. The third-order valence-corrected chi connectivity index (χ3v) is 3.93. The summed E-state index contributed by atoms with van der Waals surface area (Å²) in [5, 5.41) is 0. The van der Waals surface area contributed by atoms with E-state index in [1.54, 1.807) is 0 Å². The van der Waals surface area contributed by atoms with Crippen LogP contribution in [0.4, 0.5) is 0 Å². The van der Waals surface area contributed by atoms with Gasteiger partial charge in [0.25, 0.3) is 0 Å². The van der Waals surface area contributed by atoms with Crippen molar-refractivity contribution in [3.05, 3.63) is 0 Å². The molecule has 3 amide bonds. The summed E-state index contributed by atoms with van der Waals surface area (Å²) in [5.74, 6) is -1.14. The van der Waals surface area contributed by atoms with E-state index in [0.29, 0.717) is 13.0 Å². The van der Waals surface area contributed by atoms with Crippen molar-refractivity contribution >= 4 is 17.7 Å². The first-order chi connectivity index (χ1) is 8.33. The van der Waals surface area contributed by atoms with E-state index < -0.39 is 17.2 Å². The highest BCUT2D eigenvalue weighted by Gasteiger charge is 2.50. The fourth-order valence-corrected chi connectivity index (χ4v) is 2.69. The smallest absolute Gasteiger partial charge is 0.237 e. The number of nitrogens with two attached hydrogens (primary N) is 2. The number of amides is 3. The Balaban J connectivity index is 2.96. The molecule has 2 unspecified atom stereocenters. The maximum absolute atomic E-state index is 12.4. The van der Waals surface area contributed by atoms with Crippen molar-refractivity contribution in [3.63, 3.8) is 0 Å². The topological polar surface area (TPSA) is 106 Å². The number of nitrogens with zero attached hydrogens (tertiary/aromatic N) is 1. The fourth-order valence-electron chi connectivity index (χ4n) is 2.69. The van der Waals surface area contributed by atoms with E-state index in [9.17, 15) is 14.4 Å². The average Bonchev–Trinajstić information content (AvgIpc) is 2.56. The number of hydrogen-bond acceptors (Lipinski definition) is 3. The normalized spacial score (nSPS) is 25.2. The van der Waals surface area contributed by atoms with Gasteiger partial charge in [-0.05, 0) is 12.3 Å². The molecule has 0 saturated carbocycles. The lowest BCUT2D eigenvalue weighted by Crippen LogP contribution is -2.44. The van der Waals surface area contributed by atoms with Crippen molar-refractivity contribution in [3.8, 4) is 0 Å². The summed E-state index contributed by atoms with van der Waals surface area (Å²) in [6, 6.07) is 0. The molecule has 1 aliphatic rings. The monoisotopic (exact) mass is 255 g/mol. The Morgan fingerprint density at radius 3 is 2.44 bits per heavy atom. The first-order valence-electron chi connectivity index (χ1n) is 6.19. The quantitative estimate of drug-likeness (QED) is 0.675. The lowest BCUT2D eigenvalue weighted by atomic mass is 9.71. The summed E-state index contributed by atoms with van der Waals surface area (Å²) in [6.45, 7) is 4.28. The van der Waals surface area contributed by atoms with Crippen molar-refractivity contribution in [1.29, 1.82) is 0 Å². The van der Waals surface area contributed by atoms with Crippen LogP contribution in [0.25, 0.3) is 0 Å². The molecule has 1 aliphatic heterocycles. The predicted octanol–water partition coefficient (Wildman–Crippen LogP) is -0.388. The van der Waals surface area contributed by atoms with Crippen LogP contribution in [0, 0.1) is 11.3 Å². The standard InChI is InChI=1S/C12H21N3O3/c1-3-8(2)12(6-9(13)16)4-5-15(11(12)18)7-10(14)17/h8H,3-7H2,1-2H3,(H2,13,16)(H2,14,17). The Morgan fingerprint density at radius 1 is 1.39 bits per heavy atom. The molecule has 4 N–H and O–H groups in total. The molecule has 6 nitrogen and oxygen atoms in total. The van der Waals surface area contributed by atoms with Gasteiger partial charge in [-0.2, -0.15) is 0 Å². The van der Waals surface area contributed by atoms with Crippen molar-refractivity contribution in [2.45, 2.75) is 33.1 Å². The largest absolute Gasteiger partial charge is 0.370 e. The van der Waals surface area contributed by atoms with Gasteiger partial charge in [0.05, 0.1) is 12.0 Å². The lowest BCUT2D eigenvalue weighted by Gasteiger charge is -2.32. The molecule has 1 fully saturated rings. The number of hydrogen-bond donors (Lipinski definition) is 2. The van der Waals surface area contributed by atoms with Gasteiger partial charge in [-0.3, -0.25) is 14.4 Å². The zero-order valence-electron chi connectivity index (χ0n) is 10.9. The Morgan fingerprint density at radius 2 is 2.00 bits per heavy atom. The zero-order valence-corrected chi connectivity index (χ0v) is 10.9. The molecule has 1 saturated heterocycles. The predicted molar refractivity (Wildman–Crippen MR) is 66.1 cm³/mol. The van der Waals surface area contributed by atoms with Crippen LogP contribution in [-0.2, 0) is 14.4 Å². The molecule has 102 valence electrons. The van der Waals surface area contributed by atoms with E-state index in [2.05, 4.69) is 0 Å². The van der Waals surface area contributed by atoms with Crippen LogP contribution >= 0.6 is 0 Å². The van der Waals surface area contributed by atoms with E-state index in [-0.39, 0.29) is 24.8 Å². The second-order valence-corrected chi connectivity index (χ2v) is 5.05. The van der Waals surface area contributed by atoms with Crippen LogP contribution in [0.1, 0.15) is 33.1 Å². The SMILES string of the molecule is CCC(C)C1(CC(N)=O)CCN(CC(N)=O)C1=O. The first kappa shape index (κ1) is 14.5. The van der Waals surface area contributed by atoms with Crippen molar-refractivity contribution < 1.29 is 14.4 Å². The molecule has 0 spiro atoms. The Kier molecular flexibility index (Phi) is 4.32. The van der Waals surface area contributed by atoms with Crippen molar-refractivity contribution in [1.82, 2.24) is 4.90 Å². The lowest BCUT2D eigenvalue weighted by molar-refractivity contribution is -0.143. The third-order valence-electron chi connectivity index (χ3n) is 3.93. The minimum absolute atomic E-state index is 0.0378. The van der Waals surface area contributed by atoms with E-state index in [4.69, 9.17) is 11.5 Å². The number of rotatable bonds is 6. The molecule has 0 aromatic rings. The van der Waals surface area contributed by atoms with Gasteiger partial charge in [-0.25, -0.2) is 0 Å². The second-order valence-electron chi connectivity index (χ2n) is 5.05. The highest BCUT2D eigenvalue weighted by atomic mass is 16.2. The first-order valence-corrected chi connectivity index (χ1v) is 6.19. The number of primary amides is 2. The van der Waals surface area contributed by atoms with Gasteiger partial charge in [0.1, 0.15) is 0 Å². The summed E-state index contributed by atoms with van der Waals surface area (Å²) in [6.07, 6.45) is 1.37. The molecule has 0 aromatic carbocycles. The molecule has 1 heterocycles. The molecule has 0 aliphatic carbocycles. The van der Waals surface area contributed by atoms with Gasteiger partial charge in [0.15, 0.2) is 0 Å². The van der Waals surface area contributed by atoms with Crippen LogP contribution < -0.4 is 11.5 Å². The maximum atomic E-state index is 12.4. The molecular formula is C12H21N3O3. The molecule has 0 bridgehead atoms. The molecule has 1 rings (SSSR count). The van der Waals surface area contributed by atoms with Crippen LogP contribution in [0.2, 0.25) is 0 Å². The van der Waals surface area contributed by atoms with Crippen LogP contribution in [0.3, 0.4) is 0 Å². The number of carbonyl (C=O) groups excluding carboxylic acids is 3. The molecule has 2 atom stereocenters.